The van der Waals surface area contributed by atoms with Crippen LogP contribution in [0.15, 0.2) is 53.9 Å². The van der Waals surface area contributed by atoms with Gasteiger partial charge in [-0.1, -0.05) is 51.2 Å². The molecule has 0 saturated heterocycles. The summed E-state index contributed by atoms with van der Waals surface area (Å²) in [7, 11) is 0. The lowest BCUT2D eigenvalue weighted by molar-refractivity contribution is 0.304. The van der Waals surface area contributed by atoms with Crippen molar-refractivity contribution in [3.05, 3.63) is 53.9 Å². The van der Waals surface area contributed by atoms with Gasteiger partial charge in [0.15, 0.2) is 5.13 Å². The molecule has 4 nitrogen and oxygen atoms in total. The molecule has 4 rings (SSSR count). The molecule has 30 heavy (non-hydrogen) atoms. The molecule has 2 aromatic heterocycles. The first-order valence-electron chi connectivity index (χ1n) is 10.6. The third-order valence-electron chi connectivity index (χ3n) is 4.89. The molecule has 0 spiro atoms. The lowest BCUT2D eigenvalue weighted by atomic mass is 10.1. The first-order valence-corrected chi connectivity index (χ1v) is 12.3. The van der Waals surface area contributed by atoms with Gasteiger partial charge in [-0.15, -0.1) is 22.7 Å². The molecule has 0 radical (unpaired) electrons. The van der Waals surface area contributed by atoms with Crippen molar-refractivity contribution in [2.24, 2.45) is 0 Å². The van der Waals surface area contributed by atoms with Crippen molar-refractivity contribution >= 4 is 43.7 Å². The van der Waals surface area contributed by atoms with Crippen LogP contribution in [0.3, 0.4) is 0 Å². The Morgan fingerprint density at radius 1 is 0.900 bits per heavy atom. The SMILES string of the molecule is CCCCCCCCOc1ccc(Nc2nc(-c3nc4ccccc4s3)cs2)cc1. The van der Waals surface area contributed by atoms with Gasteiger partial charge in [-0.2, -0.15) is 0 Å². The third kappa shape index (κ3) is 5.58. The van der Waals surface area contributed by atoms with Gasteiger partial charge < -0.3 is 10.1 Å². The number of nitrogens with one attached hydrogen (secondary N) is 1. The van der Waals surface area contributed by atoms with Crippen LogP contribution in [0.25, 0.3) is 20.9 Å². The Morgan fingerprint density at radius 2 is 1.70 bits per heavy atom. The Labute approximate surface area is 186 Å². The molecule has 2 heterocycles. The highest BCUT2D eigenvalue weighted by atomic mass is 32.1. The Hall–Kier alpha value is -2.44. The van der Waals surface area contributed by atoms with Gasteiger partial charge in [-0.25, -0.2) is 9.97 Å². The fraction of sp³-hybridized carbons (Fsp3) is 0.333. The number of nitrogens with zero attached hydrogens (tertiary/aromatic N) is 2. The zero-order valence-electron chi connectivity index (χ0n) is 17.3. The van der Waals surface area contributed by atoms with E-state index in [-0.39, 0.29) is 0 Å². The van der Waals surface area contributed by atoms with Gasteiger partial charge in [-0.05, 0) is 42.8 Å². The Kier molecular flexibility index (Phi) is 7.32. The van der Waals surface area contributed by atoms with Crippen LogP contribution in [0.1, 0.15) is 45.4 Å². The predicted octanol–water partition coefficient (Wildman–Crippen LogP) is 7.90. The molecule has 0 fully saturated rings. The van der Waals surface area contributed by atoms with E-state index in [1.54, 1.807) is 22.7 Å². The summed E-state index contributed by atoms with van der Waals surface area (Å²) in [6, 6.07) is 16.3. The van der Waals surface area contributed by atoms with Crippen LogP contribution < -0.4 is 10.1 Å². The topological polar surface area (TPSA) is 47.0 Å². The van der Waals surface area contributed by atoms with Crippen molar-refractivity contribution in [3.63, 3.8) is 0 Å². The molecular formula is C24H27N3OS2. The Morgan fingerprint density at radius 3 is 2.53 bits per heavy atom. The van der Waals surface area contributed by atoms with Gasteiger partial charge >= 0.3 is 0 Å². The van der Waals surface area contributed by atoms with Crippen LogP contribution in [0, 0.1) is 0 Å². The minimum absolute atomic E-state index is 0.789. The summed E-state index contributed by atoms with van der Waals surface area (Å²) in [5.41, 5.74) is 2.95. The summed E-state index contributed by atoms with van der Waals surface area (Å²) < 4.78 is 7.05. The van der Waals surface area contributed by atoms with E-state index in [2.05, 4.69) is 28.7 Å². The van der Waals surface area contributed by atoms with Crippen molar-refractivity contribution in [2.75, 3.05) is 11.9 Å². The minimum Gasteiger partial charge on any atom is -0.494 e. The van der Waals surface area contributed by atoms with Gasteiger partial charge in [0.1, 0.15) is 16.5 Å². The van der Waals surface area contributed by atoms with E-state index >= 15 is 0 Å². The standard InChI is InChI=1S/C24H27N3OS2/c1-2-3-4-5-6-9-16-28-19-14-12-18(13-15-19)25-24-27-21(17-29-24)23-26-20-10-7-8-11-22(20)30-23/h7-8,10-15,17H,2-6,9,16H2,1H3,(H,25,27). The molecule has 6 heteroatoms. The van der Waals surface area contributed by atoms with Crippen LogP contribution in [-0.4, -0.2) is 16.6 Å². The summed E-state index contributed by atoms with van der Waals surface area (Å²) in [4.78, 5) is 9.40. The number of ether oxygens (including phenoxy) is 1. The molecule has 0 amide bonds. The van der Waals surface area contributed by atoms with Crippen molar-refractivity contribution in [3.8, 4) is 16.5 Å². The van der Waals surface area contributed by atoms with Crippen LogP contribution >= 0.6 is 22.7 Å². The molecule has 0 aliphatic heterocycles. The lowest BCUT2D eigenvalue weighted by Crippen LogP contribution is -1.97. The number of rotatable bonds is 11. The lowest BCUT2D eigenvalue weighted by Gasteiger charge is -2.07. The Balaban J connectivity index is 1.28. The van der Waals surface area contributed by atoms with Crippen LogP contribution in [0.4, 0.5) is 10.8 Å². The third-order valence-corrected chi connectivity index (χ3v) is 6.71. The largest absolute Gasteiger partial charge is 0.494 e. The van der Waals surface area contributed by atoms with Gasteiger partial charge in [0, 0.05) is 11.1 Å². The highest BCUT2D eigenvalue weighted by Crippen LogP contribution is 2.33. The summed E-state index contributed by atoms with van der Waals surface area (Å²) in [6.45, 7) is 3.04. The number of thiazole rings is 2. The minimum atomic E-state index is 0.789. The maximum atomic E-state index is 5.86. The van der Waals surface area contributed by atoms with Crippen molar-refractivity contribution in [1.82, 2.24) is 9.97 Å². The zero-order chi connectivity index (χ0) is 20.6. The van der Waals surface area contributed by atoms with Gasteiger partial charge in [0.05, 0.1) is 16.8 Å². The van der Waals surface area contributed by atoms with E-state index in [4.69, 9.17) is 9.72 Å². The second-order valence-electron chi connectivity index (χ2n) is 7.29. The normalized spacial score (nSPS) is 11.1. The molecule has 1 N–H and O–H groups in total. The summed E-state index contributed by atoms with van der Waals surface area (Å²) in [5.74, 6) is 0.920. The molecule has 0 bridgehead atoms. The molecule has 0 saturated carbocycles. The quantitative estimate of drug-likeness (QED) is 0.242. The second-order valence-corrected chi connectivity index (χ2v) is 9.18. The summed E-state index contributed by atoms with van der Waals surface area (Å²) >= 11 is 3.27. The predicted molar refractivity (Wildman–Crippen MR) is 129 cm³/mol. The average Bonchev–Trinajstić information content (AvgIpc) is 3.41. The molecule has 0 unspecified atom stereocenters. The maximum Gasteiger partial charge on any atom is 0.187 e. The number of unbranched alkanes of at least 4 members (excludes halogenated alkanes) is 5. The Bertz CT molecular complexity index is 1020. The monoisotopic (exact) mass is 437 g/mol. The first kappa shape index (κ1) is 20.8. The van der Waals surface area contributed by atoms with E-state index in [1.807, 2.05) is 42.5 Å². The number of aromatic nitrogens is 2. The number of hydrogen-bond donors (Lipinski definition) is 1. The molecule has 0 aliphatic carbocycles. The van der Waals surface area contributed by atoms with Gasteiger partial charge in [0.25, 0.3) is 0 Å². The van der Waals surface area contributed by atoms with E-state index in [9.17, 15) is 0 Å². The van der Waals surface area contributed by atoms with Crippen molar-refractivity contribution < 1.29 is 4.74 Å². The van der Waals surface area contributed by atoms with Crippen LogP contribution in [0.5, 0.6) is 5.75 Å². The first-order chi connectivity index (χ1) is 14.8. The fourth-order valence-electron chi connectivity index (χ4n) is 3.24. The smallest absolute Gasteiger partial charge is 0.187 e. The van der Waals surface area contributed by atoms with Gasteiger partial charge in [-0.3, -0.25) is 0 Å². The average molecular weight is 438 g/mol. The van der Waals surface area contributed by atoms with E-state index in [1.165, 1.54) is 36.8 Å². The van der Waals surface area contributed by atoms with E-state index in [0.717, 1.165) is 45.8 Å². The number of hydrogen-bond acceptors (Lipinski definition) is 6. The fourth-order valence-corrected chi connectivity index (χ4v) is 4.96. The van der Waals surface area contributed by atoms with Crippen molar-refractivity contribution in [2.45, 2.75) is 45.4 Å². The number of anilines is 2. The van der Waals surface area contributed by atoms with Crippen LogP contribution in [-0.2, 0) is 0 Å². The molecule has 156 valence electrons. The molecule has 2 aromatic carbocycles. The van der Waals surface area contributed by atoms with Crippen molar-refractivity contribution in [1.29, 1.82) is 0 Å². The number of fused-ring (bicyclic) bond motifs is 1. The van der Waals surface area contributed by atoms with E-state index in [0.29, 0.717) is 0 Å². The zero-order valence-corrected chi connectivity index (χ0v) is 18.9. The number of para-hydroxylation sites is 1. The summed E-state index contributed by atoms with van der Waals surface area (Å²) in [5, 5.41) is 7.26. The van der Waals surface area contributed by atoms with E-state index < -0.39 is 0 Å². The van der Waals surface area contributed by atoms with Crippen LogP contribution in [0.2, 0.25) is 0 Å². The highest BCUT2D eigenvalue weighted by molar-refractivity contribution is 7.22. The number of benzene rings is 2. The molecule has 0 aliphatic rings. The molecule has 4 aromatic rings. The summed E-state index contributed by atoms with van der Waals surface area (Å²) in [6.07, 6.45) is 7.66. The molecular weight excluding hydrogens is 410 g/mol. The highest BCUT2D eigenvalue weighted by Gasteiger charge is 2.10. The van der Waals surface area contributed by atoms with Gasteiger partial charge in [0.2, 0.25) is 0 Å². The second kappa shape index (κ2) is 10.5. The maximum absolute atomic E-state index is 5.86. The molecule has 0 atom stereocenters.